The Labute approximate surface area is 125 Å². The molecule has 0 radical (unpaired) electrons. The number of nitrogens with zero attached hydrogens (tertiary/aromatic N) is 3. The van der Waals surface area contributed by atoms with Crippen molar-refractivity contribution >= 4 is 11.5 Å². The van der Waals surface area contributed by atoms with Crippen LogP contribution in [0.1, 0.15) is 51.8 Å². The highest BCUT2D eigenvalue weighted by atomic mass is 16.6. The van der Waals surface area contributed by atoms with E-state index < -0.39 is 0 Å². The number of aromatic nitrogens is 2. The van der Waals surface area contributed by atoms with Crippen LogP contribution in [0.15, 0.2) is 0 Å². The Morgan fingerprint density at radius 2 is 2.10 bits per heavy atom. The number of aryl methyl sites for hydroxylation is 1. The molecule has 7 heteroatoms. The molecule has 1 unspecified atom stereocenters. The molecule has 2 N–H and O–H groups in total. The van der Waals surface area contributed by atoms with Crippen LogP contribution >= 0.6 is 0 Å². The molecule has 0 amide bonds. The Bertz CT molecular complexity index is 465. The third-order valence-electron chi connectivity index (χ3n) is 3.52. The molecule has 0 aliphatic rings. The number of nitrogens with one attached hydrogen (secondary N) is 1. The summed E-state index contributed by atoms with van der Waals surface area (Å²) in [5.41, 5.74) is 0.466. The molecule has 21 heavy (non-hydrogen) atoms. The maximum Gasteiger partial charge on any atom is 0.333 e. The first-order chi connectivity index (χ1) is 9.92. The van der Waals surface area contributed by atoms with Gasteiger partial charge in [-0.2, -0.15) is 5.10 Å². The molecule has 7 nitrogen and oxygen atoms in total. The summed E-state index contributed by atoms with van der Waals surface area (Å²) in [6.45, 7) is 8.37. The summed E-state index contributed by atoms with van der Waals surface area (Å²) in [6.07, 6.45) is 2.70. The van der Waals surface area contributed by atoms with Crippen molar-refractivity contribution in [3.63, 3.8) is 0 Å². The van der Waals surface area contributed by atoms with Crippen molar-refractivity contribution in [2.75, 3.05) is 18.5 Å². The second kappa shape index (κ2) is 7.97. The molecule has 0 aliphatic heterocycles. The van der Waals surface area contributed by atoms with E-state index in [0.29, 0.717) is 30.4 Å². The van der Waals surface area contributed by atoms with Gasteiger partial charge in [-0.15, -0.1) is 0 Å². The standard InChI is InChI=1S/C14H26N4O3/c1-5-6-12(7-8-19)9-15-14-13(18(20)21)11(4)16-17(14)10(2)3/h10,12,15,19H,5-9H2,1-4H3. The summed E-state index contributed by atoms with van der Waals surface area (Å²) in [7, 11) is 0. The quantitative estimate of drug-likeness (QED) is 0.540. The van der Waals surface area contributed by atoms with E-state index in [4.69, 9.17) is 5.11 Å². The first kappa shape index (κ1) is 17.4. The highest BCUT2D eigenvalue weighted by molar-refractivity contribution is 5.59. The van der Waals surface area contributed by atoms with E-state index in [1.807, 2.05) is 13.8 Å². The van der Waals surface area contributed by atoms with Crippen LogP contribution in [0, 0.1) is 23.0 Å². The Balaban J connectivity index is 2.96. The van der Waals surface area contributed by atoms with E-state index in [2.05, 4.69) is 17.3 Å². The van der Waals surface area contributed by atoms with Crippen molar-refractivity contribution in [3.05, 3.63) is 15.8 Å². The van der Waals surface area contributed by atoms with Gasteiger partial charge in [0.1, 0.15) is 5.69 Å². The average Bonchev–Trinajstić information content (AvgIpc) is 2.73. The van der Waals surface area contributed by atoms with Gasteiger partial charge >= 0.3 is 5.69 Å². The number of nitro groups is 1. The first-order valence-electron chi connectivity index (χ1n) is 7.50. The molecule has 1 atom stereocenters. The maximum absolute atomic E-state index is 11.2. The Kier molecular flexibility index (Phi) is 6.61. The van der Waals surface area contributed by atoms with Gasteiger partial charge < -0.3 is 10.4 Å². The van der Waals surface area contributed by atoms with E-state index >= 15 is 0 Å². The second-order valence-electron chi connectivity index (χ2n) is 5.63. The molecule has 0 aliphatic carbocycles. The van der Waals surface area contributed by atoms with Gasteiger partial charge in [-0.05, 0) is 39.5 Å². The minimum atomic E-state index is -0.385. The van der Waals surface area contributed by atoms with Crippen molar-refractivity contribution in [2.45, 2.75) is 53.0 Å². The molecule has 0 fully saturated rings. The lowest BCUT2D eigenvalue weighted by molar-refractivity contribution is -0.384. The topological polar surface area (TPSA) is 93.2 Å². The van der Waals surface area contributed by atoms with Gasteiger partial charge in [-0.25, -0.2) is 4.68 Å². The third-order valence-corrected chi connectivity index (χ3v) is 3.52. The van der Waals surface area contributed by atoms with E-state index in [1.165, 1.54) is 0 Å². The van der Waals surface area contributed by atoms with Crippen LogP contribution in [0.3, 0.4) is 0 Å². The zero-order chi connectivity index (χ0) is 16.0. The van der Waals surface area contributed by atoms with Crippen LogP contribution in [0.5, 0.6) is 0 Å². The van der Waals surface area contributed by atoms with Crippen molar-refractivity contribution in [1.82, 2.24) is 9.78 Å². The highest BCUT2D eigenvalue weighted by Gasteiger charge is 2.26. The number of hydrogen-bond acceptors (Lipinski definition) is 5. The average molecular weight is 298 g/mol. The lowest BCUT2D eigenvalue weighted by atomic mass is 10.0. The second-order valence-corrected chi connectivity index (χ2v) is 5.63. The summed E-state index contributed by atoms with van der Waals surface area (Å²) >= 11 is 0. The molecule has 0 aromatic carbocycles. The Hall–Kier alpha value is -1.63. The summed E-state index contributed by atoms with van der Waals surface area (Å²) in [5.74, 6) is 0.766. The van der Waals surface area contributed by atoms with E-state index in [1.54, 1.807) is 11.6 Å². The van der Waals surface area contributed by atoms with Crippen molar-refractivity contribution < 1.29 is 10.0 Å². The van der Waals surface area contributed by atoms with Gasteiger partial charge in [0.15, 0.2) is 0 Å². The molecule has 1 aromatic heterocycles. The van der Waals surface area contributed by atoms with Crippen LogP contribution in [-0.2, 0) is 0 Å². The zero-order valence-corrected chi connectivity index (χ0v) is 13.3. The summed E-state index contributed by atoms with van der Waals surface area (Å²) in [4.78, 5) is 10.9. The van der Waals surface area contributed by atoms with Crippen LogP contribution in [0.4, 0.5) is 11.5 Å². The molecule has 0 spiro atoms. The van der Waals surface area contributed by atoms with Crippen LogP contribution < -0.4 is 5.32 Å². The molecule has 0 saturated carbocycles. The minimum Gasteiger partial charge on any atom is -0.396 e. The van der Waals surface area contributed by atoms with Crippen LogP contribution in [0.25, 0.3) is 0 Å². The molecule has 0 saturated heterocycles. The number of anilines is 1. The van der Waals surface area contributed by atoms with Gasteiger partial charge in [-0.3, -0.25) is 10.1 Å². The zero-order valence-electron chi connectivity index (χ0n) is 13.3. The number of rotatable bonds is 9. The predicted molar refractivity (Wildman–Crippen MR) is 82.6 cm³/mol. The van der Waals surface area contributed by atoms with E-state index in [-0.39, 0.29) is 23.3 Å². The van der Waals surface area contributed by atoms with Gasteiger partial charge in [0.05, 0.1) is 4.92 Å². The molecular formula is C14H26N4O3. The van der Waals surface area contributed by atoms with Crippen molar-refractivity contribution in [3.8, 4) is 0 Å². The number of aliphatic hydroxyl groups excluding tert-OH is 1. The summed E-state index contributed by atoms with van der Waals surface area (Å²) in [5, 5.41) is 27.8. The fourth-order valence-electron chi connectivity index (χ4n) is 2.48. The molecule has 0 bridgehead atoms. The Morgan fingerprint density at radius 1 is 1.43 bits per heavy atom. The summed E-state index contributed by atoms with van der Waals surface area (Å²) in [6, 6.07) is 0.0439. The molecule has 1 rings (SSSR count). The lowest BCUT2D eigenvalue weighted by Crippen LogP contribution is -2.19. The minimum absolute atomic E-state index is 0.0439. The number of hydrogen-bond donors (Lipinski definition) is 2. The normalized spacial score (nSPS) is 12.7. The van der Waals surface area contributed by atoms with E-state index in [0.717, 1.165) is 12.8 Å². The fraction of sp³-hybridized carbons (Fsp3) is 0.786. The van der Waals surface area contributed by atoms with Crippen LogP contribution in [0.2, 0.25) is 0 Å². The smallest absolute Gasteiger partial charge is 0.333 e. The fourth-order valence-corrected chi connectivity index (χ4v) is 2.48. The van der Waals surface area contributed by atoms with Gasteiger partial charge in [0.25, 0.3) is 0 Å². The molecule has 1 aromatic rings. The molecular weight excluding hydrogens is 272 g/mol. The third kappa shape index (κ3) is 4.42. The van der Waals surface area contributed by atoms with Crippen LogP contribution in [-0.4, -0.2) is 33.0 Å². The largest absolute Gasteiger partial charge is 0.396 e. The molecule has 120 valence electrons. The SMILES string of the molecule is CCCC(CCO)CNc1c([N+](=O)[O-])c(C)nn1C(C)C. The van der Waals surface area contributed by atoms with Gasteiger partial charge in [0, 0.05) is 19.2 Å². The highest BCUT2D eigenvalue weighted by Crippen LogP contribution is 2.31. The monoisotopic (exact) mass is 298 g/mol. The summed E-state index contributed by atoms with van der Waals surface area (Å²) < 4.78 is 1.66. The maximum atomic E-state index is 11.2. The lowest BCUT2D eigenvalue weighted by Gasteiger charge is -2.17. The van der Waals surface area contributed by atoms with Crippen molar-refractivity contribution in [1.29, 1.82) is 0 Å². The van der Waals surface area contributed by atoms with Crippen molar-refractivity contribution in [2.24, 2.45) is 5.92 Å². The predicted octanol–water partition coefficient (Wildman–Crippen LogP) is 2.89. The van der Waals surface area contributed by atoms with Gasteiger partial charge in [-0.1, -0.05) is 13.3 Å². The molecule has 1 heterocycles. The van der Waals surface area contributed by atoms with E-state index in [9.17, 15) is 10.1 Å². The van der Waals surface area contributed by atoms with Gasteiger partial charge in [0.2, 0.25) is 5.82 Å². The Morgan fingerprint density at radius 3 is 2.57 bits per heavy atom. The number of aliphatic hydroxyl groups is 1. The first-order valence-corrected chi connectivity index (χ1v) is 7.50.